The molecule has 8 nitrogen and oxygen atoms in total. The summed E-state index contributed by atoms with van der Waals surface area (Å²) in [7, 11) is -3.39. The molecule has 0 aliphatic heterocycles. The Bertz CT molecular complexity index is 666. The van der Waals surface area contributed by atoms with E-state index in [0.717, 1.165) is 6.26 Å². The van der Waals surface area contributed by atoms with Gasteiger partial charge >= 0.3 is 0 Å². The van der Waals surface area contributed by atoms with Crippen LogP contribution in [0.4, 0.5) is 0 Å². The highest BCUT2D eigenvalue weighted by Crippen LogP contribution is 2.14. The van der Waals surface area contributed by atoms with Crippen LogP contribution in [0.3, 0.4) is 0 Å². The molecule has 108 valence electrons. The van der Waals surface area contributed by atoms with E-state index in [4.69, 9.17) is 4.74 Å². The number of hydrogen-bond acceptors (Lipinski definition) is 7. The van der Waals surface area contributed by atoms with Gasteiger partial charge in [-0.2, -0.15) is 0 Å². The minimum atomic E-state index is -3.39. The van der Waals surface area contributed by atoms with Crippen molar-refractivity contribution < 1.29 is 13.2 Å². The van der Waals surface area contributed by atoms with Crippen LogP contribution in [0, 0.1) is 0 Å². The zero-order valence-electron chi connectivity index (χ0n) is 11.2. The lowest BCUT2D eigenvalue weighted by Gasteiger charge is -1.99. The van der Waals surface area contributed by atoms with Crippen molar-refractivity contribution >= 4 is 9.84 Å². The van der Waals surface area contributed by atoms with Gasteiger partial charge in [-0.25, -0.2) is 23.1 Å². The van der Waals surface area contributed by atoms with Crippen LogP contribution in [0.1, 0.15) is 6.92 Å². The van der Waals surface area contributed by atoms with Crippen LogP contribution in [0.5, 0.6) is 0 Å². The summed E-state index contributed by atoms with van der Waals surface area (Å²) in [6.45, 7) is 3.74. The highest BCUT2D eigenvalue weighted by molar-refractivity contribution is 7.90. The molecule has 0 saturated carbocycles. The third-order valence-electron chi connectivity index (χ3n) is 2.46. The first-order chi connectivity index (χ1) is 9.50. The van der Waals surface area contributed by atoms with Gasteiger partial charge in [0.25, 0.3) is 0 Å². The standard InChI is InChI=1S/C11H15N5O3S/c1-3-19-5-4-16-8-10(14-15-16)9-6-12-11(13-7-9)20(2,17)18/h6-8H,3-5H2,1-2H3. The monoisotopic (exact) mass is 297 g/mol. The minimum Gasteiger partial charge on any atom is -0.380 e. The first kappa shape index (κ1) is 14.5. The first-order valence-electron chi connectivity index (χ1n) is 6.01. The van der Waals surface area contributed by atoms with Gasteiger partial charge in [-0.15, -0.1) is 5.10 Å². The van der Waals surface area contributed by atoms with E-state index in [2.05, 4.69) is 20.3 Å². The molecule has 0 atom stereocenters. The van der Waals surface area contributed by atoms with Crippen molar-refractivity contribution in [1.29, 1.82) is 0 Å². The number of sulfone groups is 1. The summed E-state index contributed by atoms with van der Waals surface area (Å²) in [5, 5.41) is 7.73. The number of rotatable bonds is 6. The lowest BCUT2D eigenvalue weighted by atomic mass is 10.3. The molecule has 0 radical (unpaired) electrons. The second-order valence-electron chi connectivity index (χ2n) is 4.09. The number of aromatic nitrogens is 5. The van der Waals surface area contributed by atoms with Crippen molar-refractivity contribution in [3.63, 3.8) is 0 Å². The van der Waals surface area contributed by atoms with E-state index < -0.39 is 9.84 Å². The highest BCUT2D eigenvalue weighted by Gasteiger charge is 2.12. The Hall–Kier alpha value is -1.87. The molecule has 9 heteroatoms. The molecule has 0 spiro atoms. The summed E-state index contributed by atoms with van der Waals surface area (Å²) in [5.41, 5.74) is 1.20. The van der Waals surface area contributed by atoms with Gasteiger partial charge < -0.3 is 4.74 Å². The van der Waals surface area contributed by atoms with Gasteiger partial charge in [-0.05, 0) is 6.92 Å². The van der Waals surface area contributed by atoms with Crippen molar-refractivity contribution in [3.8, 4) is 11.3 Å². The van der Waals surface area contributed by atoms with Crippen LogP contribution in [0.2, 0.25) is 0 Å². The summed E-state index contributed by atoms with van der Waals surface area (Å²) in [5.74, 6) is 0. The smallest absolute Gasteiger partial charge is 0.246 e. The Morgan fingerprint density at radius 3 is 2.60 bits per heavy atom. The molecule has 0 aromatic carbocycles. The third-order valence-corrected chi connectivity index (χ3v) is 3.34. The molecule has 0 saturated heterocycles. The van der Waals surface area contributed by atoms with Crippen molar-refractivity contribution in [2.75, 3.05) is 19.5 Å². The van der Waals surface area contributed by atoms with E-state index in [9.17, 15) is 8.42 Å². The van der Waals surface area contributed by atoms with Gasteiger partial charge in [0.05, 0.1) is 19.3 Å². The SMILES string of the molecule is CCOCCn1cc(-c2cnc(S(C)(=O)=O)nc2)nn1. The Kier molecular flexibility index (Phi) is 4.40. The molecule has 0 bridgehead atoms. The van der Waals surface area contributed by atoms with E-state index in [1.54, 1.807) is 10.9 Å². The average Bonchev–Trinajstić information content (AvgIpc) is 2.87. The molecule has 0 unspecified atom stereocenters. The van der Waals surface area contributed by atoms with Crippen LogP contribution in [0.15, 0.2) is 23.7 Å². The van der Waals surface area contributed by atoms with E-state index in [1.807, 2.05) is 6.92 Å². The lowest BCUT2D eigenvalue weighted by Crippen LogP contribution is -2.06. The predicted molar refractivity (Wildman–Crippen MR) is 70.7 cm³/mol. The Balaban J connectivity index is 2.12. The van der Waals surface area contributed by atoms with Gasteiger partial charge in [0.1, 0.15) is 5.69 Å². The van der Waals surface area contributed by atoms with Crippen molar-refractivity contribution in [2.24, 2.45) is 0 Å². The molecule has 20 heavy (non-hydrogen) atoms. The van der Waals surface area contributed by atoms with Crippen LogP contribution in [-0.2, 0) is 21.1 Å². The number of hydrogen-bond donors (Lipinski definition) is 0. The lowest BCUT2D eigenvalue weighted by molar-refractivity contribution is 0.136. The molecular formula is C11H15N5O3S. The van der Waals surface area contributed by atoms with E-state index >= 15 is 0 Å². The molecule has 0 aliphatic carbocycles. The quantitative estimate of drug-likeness (QED) is 0.553. The second kappa shape index (κ2) is 6.06. The third kappa shape index (κ3) is 3.58. The number of ether oxygens (including phenoxy) is 1. The zero-order chi connectivity index (χ0) is 14.6. The second-order valence-corrected chi connectivity index (χ2v) is 6.00. The van der Waals surface area contributed by atoms with Gasteiger partial charge in [0, 0.05) is 30.8 Å². The van der Waals surface area contributed by atoms with Crippen LogP contribution < -0.4 is 0 Å². The van der Waals surface area contributed by atoms with E-state index in [1.165, 1.54) is 12.4 Å². The maximum Gasteiger partial charge on any atom is 0.246 e. The summed E-state index contributed by atoms with van der Waals surface area (Å²) in [6, 6.07) is 0. The Morgan fingerprint density at radius 2 is 2.00 bits per heavy atom. The van der Waals surface area contributed by atoms with Gasteiger partial charge in [0.2, 0.25) is 15.0 Å². The van der Waals surface area contributed by atoms with Crippen LogP contribution >= 0.6 is 0 Å². The maximum absolute atomic E-state index is 11.3. The van der Waals surface area contributed by atoms with E-state index in [0.29, 0.717) is 31.0 Å². The van der Waals surface area contributed by atoms with Crippen molar-refractivity contribution in [1.82, 2.24) is 25.0 Å². The maximum atomic E-state index is 11.3. The first-order valence-corrected chi connectivity index (χ1v) is 7.90. The molecule has 2 aromatic heterocycles. The number of nitrogens with zero attached hydrogens (tertiary/aromatic N) is 5. The van der Waals surface area contributed by atoms with Crippen LogP contribution in [0.25, 0.3) is 11.3 Å². The van der Waals surface area contributed by atoms with Crippen molar-refractivity contribution in [3.05, 3.63) is 18.6 Å². The fraction of sp³-hybridized carbons (Fsp3) is 0.455. The largest absolute Gasteiger partial charge is 0.380 e. The van der Waals surface area contributed by atoms with Gasteiger partial charge in [0.15, 0.2) is 0 Å². The summed E-state index contributed by atoms with van der Waals surface area (Å²) in [4.78, 5) is 7.62. The average molecular weight is 297 g/mol. The normalized spacial score (nSPS) is 11.7. The molecule has 0 fully saturated rings. The zero-order valence-corrected chi connectivity index (χ0v) is 12.0. The Labute approximate surface area is 116 Å². The molecule has 0 amide bonds. The summed E-state index contributed by atoms with van der Waals surface area (Å²) < 4.78 is 29.4. The molecule has 0 N–H and O–H groups in total. The topological polar surface area (TPSA) is 99.9 Å². The molecule has 2 aromatic rings. The van der Waals surface area contributed by atoms with Crippen LogP contribution in [-0.4, -0.2) is 52.8 Å². The molecule has 2 heterocycles. The molecule has 2 rings (SSSR count). The van der Waals surface area contributed by atoms with Gasteiger partial charge in [-0.1, -0.05) is 5.21 Å². The highest BCUT2D eigenvalue weighted by atomic mass is 32.2. The fourth-order valence-corrected chi connectivity index (χ4v) is 1.97. The minimum absolute atomic E-state index is 0.204. The molecule has 0 aliphatic rings. The Morgan fingerprint density at radius 1 is 1.30 bits per heavy atom. The van der Waals surface area contributed by atoms with E-state index in [-0.39, 0.29) is 5.16 Å². The van der Waals surface area contributed by atoms with Crippen molar-refractivity contribution in [2.45, 2.75) is 18.6 Å². The summed E-state index contributed by atoms with van der Waals surface area (Å²) >= 11 is 0. The predicted octanol–water partition coefficient (Wildman–Crippen LogP) is 0.175. The summed E-state index contributed by atoms with van der Waals surface area (Å²) in [6.07, 6.45) is 5.63. The fourth-order valence-electron chi connectivity index (χ4n) is 1.48. The van der Waals surface area contributed by atoms with Gasteiger partial charge in [-0.3, -0.25) is 0 Å². The molecular weight excluding hydrogens is 282 g/mol.